The van der Waals surface area contributed by atoms with E-state index in [1.807, 2.05) is 0 Å². The number of ether oxygens (including phenoxy) is 1. The van der Waals surface area contributed by atoms with Gasteiger partial charge in [0.2, 0.25) is 5.91 Å². The highest BCUT2D eigenvalue weighted by atomic mass is 19.1. The summed E-state index contributed by atoms with van der Waals surface area (Å²) in [5.74, 6) is -0.347. The summed E-state index contributed by atoms with van der Waals surface area (Å²) in [6.07, 6.45) is 3.50. The van der Waals surface area contributed by atoms with Crippen LogP contribution in [0, 0.1) is 5.82 Å². The van der Waals surface area contributed by atoms with Crippen molar-refractivity contribution >= 4 is 17.3 Å². The largest absolute Gasteiger partial charge is 0.494 e. The highest BCUT2D eigenvalue weighted by Gasteiger charge is 2.41. The number of methoxy groups -OCH3 is 1. The second-order valence-corrected chi connectivity index (χ2v) is 5.02. The lowest BCUT2D eigenvalue weighted by Crippen LogP contribution is -2.46. The van der Waals surface area contributed by atoms with Crippen LogP contribution >= 0.6 is 0 Å². The number of carbonyl (C=O) groups excluding carboxylic acids is 1. The quantitative estimate of drug-likeness (QED) is 0.805. The van der Waals surface area contributed by atoms with E-state index >= 15 is 0 Å². The fourth-order valence-corrected chi connectivity index (χ4v) is 2.65. The van der Waals surface area contributed by atoms with Gasteiger partial charge >= 0.3 is 0 Å². The molecule has 0 bridgehead atoms. The maximum Gasteiger partial charge on any atom is 0.226 e. The minimum Gasteiger partial charge on any atom is -0.494 e. The van der Waals surface area contributed by atoms with Crippen LogP contribution in [0.5, 0.6) is 5.75 Å². The molecular weight excluding hydrogens is 235 g/mol. The minimum atomic E-state index is -0.470. The summed E-state index contributed by atoms with van der Waals surface area (Å²) in [6.45, 7) is 0. The van der Waals surface area contributed by atoms with Gasteiger partial charge in [0.15, 0.2) is 11.6 Å². The molecule has 3 rings (SSSR count). The van der Waals surface area contributed by atoms with Crippen LogP contribution in [-0.2, 0) is 4.79 Å². The van der Waals surface area contributed by atoms with Crippen LogP contribution in [0.25, 0.3) is 0 Å². The molecule has 2 aliphatic rings. The molecule has 1 aliphatic heterocycles. The number of rotatable bonds is 1. The van der Waals surface area contributed by atoms with Crippen LogP contribution in [0.3, 0.4) is 0 Å². The average Bonchev–Trinajstić information content (AvgIpc) is 2.43. The topological polar surface area (TPSA) is 50.4 Å². The molecule has 1 fully saturated rings. The first-order valence-corrected chi connectivity index (χ1v) is 6.07. The van der Waals surface area contributed by atoms with Crippen molar-refractivity contribution in [3.63, 3.8) is 0 Å². The molecule has 1 aromatic rings. The number of hydrogen-bond donors (Lipinski definition) is 2. The fourth-order valence-electron chi connectivity index (χ4n) is 2.65. The molecule has 0 unspecified atom stereocenters. The molecule has 1 saturated carbocycles. The molecule has 1 spiro atoms. The van der Waals surface area contributed by atoms with E-state index in [4.69, 9.17) is 4.74 Å². The molecule has 1 amide bonds. The molecule has 96 valence electrons. The van der Waals surface area contributed by atoms with E-state index in [1.54, 1.807) is 6.07 Å². The highest BCUT2D eigenvalue weighted by Crippen LogP contribution is 2.43. The molecule has 0 aromatic heterocycles. The molecule has 1 heterocycles. The van der Waals surface area contributed by atoms with Crippen molar-refractivity contribution in [1.82, 2.24) is 0 Å². The number of fused-ring (bicyclic) bond motifs is 1. The van der Waals surface area contributed by atoms with E-state index in [9.17, 15) is 9.18 Å². The van der Waals surface area contributed by atoms with Crippen molar-refractivity contribution in [2.75, 3.05) is 17.7 Å². The Kier molecular flexibility index (Phi) is 2.43. The number of halogens is 1. The zero-order valence-electron chi connectivity index (χ0n) is 10.2. The third-order valence-corrected chi connectivity index (χ3v) is 3.78. The summed E-state index contributed by atoms with van der Waals surface area (Å²) < 4.78 is 18.6. The first kappa shape index (κ1) is 11.3. The molecule has 2 N–H and O–H groups in total. The third kappa shape index (κ3) is 1.70. The minimum absolute atomic E-state index is 0.0643. The second-order valence-electron chi connectivity index (χ2n) is 5.02. The summed E-state index contributed by atoms with van der Waals surface area (Å²) in [5.41, 5.74) is 1.07. The van der Waals surface area contributed by atoms with Crippen LogP contribution in [0.15, 0.2) is 12.1 Å². The van der Waals surface area contributed by atoms with Crippen molar-refractivity contribution in [2.24, 2.45) is 0 Å². The van der Waals surface area contributed by atoms with E-state index in [0.717, 1.165) is 24.9 Å². The lowest BCUT2D eigenvalue weighted by Gasteiger charge is -2.41. The maximum absolute atomic E-state index is 13.6. The Hall–Kier alpha value is -1.78. The molecule has 1 aromatic carbocycles. The van der Waals surface area contributed by atoms with E-state index in [2.05, 4.69) is 10.6 Å². The Bertz CT molecular complexity index is 512. The van der Waals surface area contributed by atoms with Gasteiger partial charge in [-0.15, -0.1) is 0 Å². The Labute approximate surface area is 105 Å². The van der Waals surface area contributed by atoms with Crippen LogP contribution < -0.4 is 15.4 Å². The summed E-state index contributed by atoms with van der Waals surface area (Å²) in [6, 6.07) is 2.91. The third-order valence-electron chi connectivity index (χ3n) is 3.78. The number of amides is 1. The average molecular weight is 250 g/mol. The molecule has 4 nitrogen and oxygen atoms in total. The lowest BCUT2D eigenvalue weighted by atomic mass is 9.74. The molecule has 0 atom stereocenters. The maximum atomic E-state index is 13.6. The monoisotopic (exact) mass is 250 g/mol. The number of benzene rings is 1. The summed E-state index contributed by atoms with van der Waals surface area (Å²) in [5, 5.41) is 6.12. The Morgan fingerprint density at radius 1 is 1.33 bits per heavy atom. The van der Waals surface area contributed by atoms with Gasteiger partial charge in [-0.05, 0) is 19.3 Å². The molecular formula is C13H15FN2O2. The van der Waals surface area contributed by atoms with Crippen LogP contribution in [-0.4, -0.2) is 18.6 Å². The Balaban J connectivity index is 2.04. The molecule has 0 radical (unpaired) electrons. The number of nitrogens with one attached hydrogen (secondary N) is 2. The molecule has 5 heteroatoms. The van der Waals surface area contributed by atoms with Gasteiger partial charge in [-0.2, -0.15) is 0 Å². The van der Waals surface area contributed by atoms with Crippen LogP contribution in [0.4, 0.5) is 15.8 Å². The predicted octanol–water partition coefficient (Wildman–Crippen LogP) is 2.51. The standard InChI is InChI=1S/C13H15FN2O2/c1-18-11-6-10-9(5-8(11)14)15-12(17)7-13(16-10)3-2-4-13/h5-6,16H,2-4,7H2,1H3,(H,15,17). The predicted molar refractivity (Wildman–Crippen MR) is 66.4 cm³/mol. The van der Waals surface area contributed by atoms with Gasteiger partial charge in [0.25, 0.3) is 0 Å². The van der Waals surface area contributed by atoms with Gasteiger partial charge < -0.3 is 15.4 Å². The Morgan fingerprint density at radius 2 is 2.11 bits per heavy atom. The normalized spacial score (nSPS) is 20.2. The first-order chi connectivity index (χ1) is 8.62. The summed E-state index contributed by atoms with van der Waals surface area (Å²) in [7, 11) is 1.43. The molecule has 0 saturated heterocycles. The molecule has 18 heavy (non-hydrogen) atoms. The number of hydrogen-bond acceptors (Lipinski definition) is 3. The van der Waals surface area contributed by atoms with Crippen LogP contribution in [0.1, 0.15) is 25.7 Å². The van der Waals surface area contributed by atoms with Gasteiger partial charge in [0.1, 0.15) is 0 Å². The Morgan fingerprint density at radius 3 is 2.72 bits per heavy atom. The van der Waals surface area contributed by atoms with Gasteiger partial charge in [-0.25, -0.2) is 4.39 Å². The van der Waals surface area contributed by atoms with E-state index in [0.29, 0.717) is 12.1 Å². The van der Waals surface area contributed by atoms with Crippen LogP contribution in [0.2, 0.25) is 0 Å². The van der Waals surface area contributed by atoms with Gasteiger partial charge in [0.05, 0.1) is 18.5 Å². The summed E-state index contributed by atoms with van der Waals surface area (Å²) >= 11 is 0. The second kappa shape index (κ2) is 3.86. The highest BCUT2D eigenvalue weighted by molar-refractivity contribution is 5.97. The van der Waals surface area contributed by atoms with Crippen molar-refractivity contribution < 1.29 is 13.9 Å². The number of carbonyl (C=O) groups is 1. The van der Waals surface area contributed by atoms with Gasteiger partial charge in [-0.1, -0.05) is 0 Å². The van der Waals surface area contributed by atoms with E-state index < -0.39 is 5.82 Å². The zero-order valence-corrected chi connectivity index (χ0v) is 10.2. The van der Waals surface area contributed by atoms with Crippen molar-refractivity contribution in [2.45, 2.75) is 31.2 Å². The fraction of sp³-hybridized carbons (Fsp3) is 0.462. The van der Waals surface area contributed by atoms with Crippen molar-refractivity contribution in [3.8, 4) is 5.75 Å². The molecule has 1 aliphatic carbocycles. The van der Waals surface area contributed by atoms with E-state index in [-0.39, 0.29) is 17.2 Å². The zero-order chi connectivity index (χ0) is 12.8. The first-order valence-electron chi connectivity index (χ1n) is 6.07. The number of anilines is 2. The van der Waals surface area contributed by atoms with Gasteiger partial charge in [-0.3, -0.25) is 4.79 Å². The lowest BCUT2D eigenvalue weighted by molar-refractivity contribution is -0.117. The van der Waals surface area contributed by atoms with E-state index in [1.165, 1.54) is 13.2 Å². The summed E-state index contributed by atoms with van der Waals surface area (Å²) in [4.78, 5) is 11.8. The van der Waals surface area contributed by atoms with Gasteiger partial charge in [0, 0.05) is 24.1 Å². The SMILES string of the molecule is COc1cc2c(cc1F)NC(=O)CC1(CCC1)N2. The van der Waals surface area contributed by atoms with Crippen molar-refractivity contribution in [1.29, 1.82) is 0 Å². The van der Waals surface area contributed by atoms with Crippen molar-refractivity contribution in [3.05, 3.63) is 17.9 Å². The smallest absolute Gasteiger partial charge is 0.226 e.